The van der Waals surface area contributed by atoms with Gasteiger partial charge in [-0.2, -0.15) is 0 Å². The molecule has 106 valence electrons. The van der Waals surface area contributed by atoms with E-state index >= 15 is 0 Å². The SMILES string of the molecule is CN(CC1CCCOC1)C(C)(CN)CC1CCC1. The van der Waals surface area contributed by atoms with Gasteiger partial charge in [-0.1, -0.05) is 19.3 Å². The standard InChI is InChI=1S/C15H30N2O/c1-15(12-16,9-13-5-3-6-13)17(2)10-14-7-4-8-18-11-14/h13-14H,3-12,16H2,1-2H3. The molecule has 0 aromatic heterocycles. The van der Waals surface area contributed by atoms with Crippen molar-refractivity contribution < 1.29 is 4.74 Å². The van der Waals surface area contributed by atoms with Crippen molar-refractivity contribution in [1.82, 2.24) is 4.90 Å². The third kappa shape index (κ3) is 3.46. The Morgan fingerprint density at radius 3 is 2.44 bits per heavy atom. The minimum Gasteiger partial charge on any atom is -0.381 e. The first-order valence-corrected chi connectivity index (χ1v) is 7.63. The summed E-state index contributed by atoms with van der Waals surface area (Å²) in [5.41, 5.74) is 6.25. The van der Waals surface area contributed by atoms with E-state index in [0.717, 1.165) is 32.2 Å². The molecule has 2 fully saturated rings. The normalized spacial score (nSPS) is 29.0. The molecule has 1 saturated heterocycles. The summed E-state index contributed by atoms with van der Waals surface area (Å²) in [5.74, 6) is 1.62. The number of hydrogen-bond acceptors (Lipinski definition) is 3. The van der Waals surface area contributed by atoms with Crippen LogP contribution in [0.1, 0.15) is 45.4 Å². The molecule has 1 aliphatic heterocycles. The van der Waals surface area contributed by atoms with Crippen molar-refractivity contribution in [3.63, 3.8) is 0 Å². The van der Waals surface area contributed by atoms with Gasteiger partial charge in [-0.25, -0.2) is 0 Å². The molecule has 3 heteroatoms. The Morgan fingerprint density at radius 1 is 1.22 bits per heavy atom. The molecule has 1 heterocycles. The van der Waals surface area contributed by atoms with Crippen LogP contribution in [0.25, 0.3) is 0 Å². The maximum absolute atomic E-state index is 6.07. The van der Waals surface area contributed by atoms with Crippen LogP contribution < -0.4 is 5.73 Å². The first-order valence-electron chi connectivity index (χ1n) is 7.63. The Labute approximate surface area is 112 Å². The van der Waals surface area contributed by atoms with Crippen molar-refractivity contribution >= 4 is 0 Å². The molecule has 0 aromatic carbocycles. The van der Waals surface area contributed by atoms with E-state index < -0.39 is 0 Å². The highest BCUT2D eigenvalue weighted by Crippen LogP contribution is 2.35. The lowest BCUT2D eigenvalue weighted by Crippen LogP contribution is -2.53. The number of rotatable bonds is 6. The Balaban J connectivity index is 1.84. The van der Waals surface area contributed by atoms with Crippen LogP contribution in [0.15, 0.2) is 0 Å². The zero-order chi connectivity index (χ0) is 13.0. The van der Waals surface area contributed by atoms with Crippen molar-refractivity contribution in [2.45, 2.75) is 51.0 Å². The Kier molecular flexibility index (Phi) is 5.05. The van der Waals surface area contributed by atoms with Crippen LogP contribution in [0.2, 0.25) is 0 Å². The second-order valence-electron chi connectivity index (χ2n) is 6.67. The summed E-state index contributed by atoms with van der Waals surface area (Å²) in [6, 6.07) is 0. The molecule has 2 unspecified atom stereocenters. The Bertz CT molecular complexity index is 249. The molecule has 0 radical (unpaired) electrons. The fraction of sp³-hybridized carbons (Fsp3) is 1.00. The molecule has 0 amide bonds. The summed E-state index contributed by atoms with van der Waals surface area (Å²) in [4.78, 5) is 2.50. The molecule has 2 atom stereocenters. The van der Waals surface area contributed by atoms with Gasteiger partial charge in [0.15, 0.2) is 0 Å². The van der Waals surface area contributed by atoms with Crippen molar-refractivity contribution in [2.24, 2.45) is 17.6 Å². The minimum atomic E-state index is 0.183. The van der Waals surface area contributed by atoms with Gasteiger partial charge in [-0.3, -0.25) is 4.90 Å². The second kappa shape index (κ2) is 6.36. The molecular formula is C15H30N2O. The van der Waals surface area contributed by atoms with Crippen molar-refractivity contribution in [2.75, 3.05) is 33.4 Å². The number of hydrogen-bond donors (Lipinski definition) is 1. The summed E-state index contributed by atoms with van der Waals surface area (Å²) >= 11 is 0. The lowest BCUT2D eigenvalue weighted by molar-refractivity contribution is 0.0153. The lowest BCUT2D eigenvalue weighted by Gasteiger charge is -2.44. The fourth-order valence-corrected chi connectivity index (χ4v) is 3.27. The first kappa shape index (κ1) is 14.3. The van der Waals surface area contributed by atoms with Gasteiger partial charge in [0, 0.05) is 25.2 Å². The fourth-order valence-electron chi connectivity index (χ4n) is 3.27. The lowest BCUT2D eigenvalue weighted by atomic mass is 9.76. The molecule has 2 aliphatic rings. The molecule has 1 saturated carbocycles. The second-order valence-corrected chi connectivity index (χ2v) is 6.67. The van der Waals surface area contributed by atoms with E-state index in [4.69, 9.17) is 10.5 Å². The van der Waals surface area contributed by atoms with Crippen molar-refractivity contribution in [1.29, 1.82) is 0 Å². The smallest absolute Gasteiger partial charge is 0.0506 e. The van der Waals surface area contributed by atoms with E-state index in [1.54, 1.807) is 0 Å². The van der Waals surface area contributed by atoms with Gasteiger partial charge in [0.1, 0.15) is 0 Å². The van der Waals surface area contributed by atoms with Crippen LogP contribution in [0.3, 0.4) is 0 Å². The average Bonchev–Trinajstić information content (AvgIpc) is 2.35. The van der Waals surface area contributed by atoms with Crippen LogP contribution in [-0.4, -0.2) is 43.8 Å². The van der Waals surface area contributed by atoms with Crippen LogP contribution in [0.5, 0.6) is 0 Å². The number of nitrogens with two attached hydrogens (primary N) is 1. The molecule has 2 N–H and O–H groups in total. The van der Waals surface area contributed by atoms with E-state index in [1.807, 2.05) is 0 Å². The van der Waals surface area contributed by atoms with Crippen LogP contribution >= 0.6 is 0 Å². The summed E-state index contributed by atoms with van der Waals surface area (Å²) in [7, 11) is 2.25. The molecular weight excluding hydrogens is 224 g/mol. The van der Waals surface area contributed by atoms with E-state index in [-0.39, 0.29) is 5.54 Å². The Morgan fingerprint density at radius 2 is 1.94 bits per heavy atom. The molecule has 1 aliphatic carbocycles. The minimum absolute atomic E-state index is 0.183. The van der Waals surface area contributed by atoms with Crippen LogP contribution in [-0.2, 0) is 4.74 Å². The predicted octanol–water partition coefficient (Wildman–Crippen LogP) is 2.25. The van der Waals surface area contributed by atoms with E-state index in [0.29, 0.717) is 5.92 Å². The van der Waals surface area contributed by atoms with Gasteiger partial charge in [0.25, 0.3) is 0 Å². The first-order chi connectivity index (χ1) is 8.64. The largest absolute Gasteiger partial charge is 0.381 e. The van der Waals surface area contributed by atoms with E-state index in [1.165, 1.54) is 38.5 Å². The summed E-state index contributed by atoms with van der Waals surface area (Å²) in [6.07, 6.45) is 8.06. The monoisotopic (exact) mass is 254 g/mol. The highest BCUT2D eigenvalue weighted by atomic mass is 16.5. The van der Waals surface area contributed by atoms with E-state index in [9.17, 15) is 0 Å². The Hall–Kier alpha value is -0.120. The average molecular weight is 254 g/mol. The molecule has 3 nitrogen and oxygen atoms in total. The number of nitrogens with zero attached hydrogens (tertiary/aromatic N) is 1. The van der Waals surface area contributed by atoms with Gasteiger partial charge in [0.2, 0.25) is 0 Å². The zero-order valence-electron chi connectivity index (χ0n) is 12.2. The van der Waals surface area contributed by atoms with E-state index in [2.05, 4.69) is 18.9 Å². The zero-order valence-corrected chi connectivity index (χ0v) is 12.2. The summed E-state index contributed by atoms with van der Waals surface area (Å²) < 4.78 is 5.58. The predicted molar refractivity (Wildman–Crippen MR) is 75.6 cm³/mol. The molecule has 18 heavy (non-hydrogen) atoms. The van der Waals surface area contributed by atoms with Crippen molar-refractivity contribution in [3.8, 4) is 0 Å². The highest BCUT2D eigenvalue weighted by molar-refractivity contribution is 4.91. The van der Waals surface area contributed by atoms with Gasteiger partial charge in [-0.05, 0) is 45.1 Å². The van der Waals surface area contributed by atoms with Gasteiger partial charge < -0.3 is 10.5 Å². The third-order valence-electron chi connectivity index (χ3n) is 5.10. The quantitative estimate of drug-likeness (QED) is 0.790. The molecule has 0 bridgehead atoms. The molecule has 0 aromatic rings. The highest BCUT2D eigenvalue weighted by Gasteiger charge is 2.34. The maximum atomic E-state index is 6.07. The third-order valence-corrected chi connectivity index (χ3v) is 5.10. The topological polar surface area (TPSA) is 38.5 Å². The van der Waals surface area contributed by atoms with Crippen LogP contribution in [0, 0.1) is 11.8 Å². The van der Waals surface area contributed by atoms with Crippen molar-refractivity contribution in [3.05, 3.63) is 0 Å². The van der Waals surface area contributed by atoms with Crippen LogP contribution in [0.4, 0.5) is 0 Å². The summed E-state index contributed by atoms with van der Waals surface area (Å²) in [5, 5.41) is 0. The van der Waals surface area contributed by atoms with Gasteiger partial charge in [-0.15, -0.1) is 0 Å². The van der Waals surface area contributed by atoms with Gasteiger partial charge >= 0.3 is 0 Å². The number of likely N-dealkylation sites (N-methyl/N-ethyl adjacent to an activating group) is 1. The van der Waals surface area contributed by atoms with Gasteiger partial charge in [0.05, 0.1) is 6.61 Å². The molecule has 2 rings (SSSR count). The maximum Gasteiger partial charge on any atom is 0.0506 e. The molecule has 0 spiro atoms. The number of ether oxygens (including phenoxy) is 1. The summed E-state index contributed by atoms with van der Waals surface area (Å²) in [6.45, 7) is 6.15.